The Kier molecular flexibility index (Phi) is 7.62. The van der Waals surface area contributed by atoms with Gasteiger partial charge in [0.15, 0.2) is 5.82 Å². The van der Waals surface area contributed by atoms with Gasteiger partial charge in [-0.25, -0.2) is 4.68 Å². The summed E-state index contributed by atoms with van der Waals surface area (Å²) in [7, 11) is 1.62. The first-order valence-electron chi connectivity index (χ1n) is 12.9. The standard InChI is InChI=1S/C28H34N6O3/c1-4-26(27-30-31-32-34(27)18-24-6-5-13-37-24)33(16-20-9-7-19(2)8-10-20)17-22-14-21-11-12-23(36-3)15-25(21)29-28(22)35/h7-12,14-15,24,26H,4-6,13,16-18H2,1-3H3,(H,29,35)/t24-,26-/m0/s1. The summed E-state index contributed by atoms with van der Waals surface area (Å²) in [5.41, 5.74) is 3.73. The predicted molar refractivity (Wildman–Crippen MR) is 141 cm³/mol. The summed E-state index contributed by atoms with van der Waals surface area (Å²) < 4.78 is 13.0. The first-order valence-corrected chi connectivity index (χ1v) is 12.9. The van der Waals surface area contributed by atoms with Crippen LogP contribution in [0.2, 0.25) is 0 Å². The number of rotatable bonds is 10. The van der Waals surface area contributed by atoms with Crippen molar-refractivity contribution in [2.45, 2.75) is 64.9 Å². The van der Waals surface area contributed by atoms with Gasteiger partial charge in [-0.2, -0.15) is 0 Å². The van der Waals surface area contributed by atoms with Crippen molar-refractivity contribution in [3.05, 3.63) is 81.4 Å². The highest BCUT2D eigenvalue weighted by molar-refractivity contribution is 5.80. The molecule has 1 saturated heterocycles. The van der Waals surface area contributed by atoms with Gasteiger partial charge in [-0.15, -0.1) is 5.10 Å². The van der Waals surface area contributed by atoms with Crippen molar-refractivity contribution in [2.24, 2.45) is 0 Å². The Bertz CT molecular complexity index is 1390. The summed E-state index contributed by atoms with van der Waals surface area (Å²) >= 11 is 0. The third-order valence-electron chi connectivity index (χ3n) is 7.10. The Labute approximate surface area is 216 Å². The van der Waals surface area contributed by atoms with E-state index in [1.54, 1.807) is 7.11 Å². The molecule has 1 aliphatic rings. The summed E-state index contributed by atoms with van der Waals surface area (Å²) in [5, 5.41) is 13.7. The van der Waals surface area contributed by atoms with E-state index in [1.165, 1.54) is 11.1 Å². The highest BCUT2D eigenvalue weighted by atomic mass is 16.5. The predicted octanol–water partition coefficient (Wildman–Crippen LogP) is 4.16. The number of fused-ring (bicyclic) bond motifs is 1. The molecule has 4 aromatic rings. The summed E-state index contributed by atoms with van der Waals surface area (Å²) in [6.07, 6.45) is 3.00. The number of benzene rings is 2. The fourth-order valence-electron chi connectivity index (χ4n) is 5.06. The number of hydrogen-bond acceptors (Lipinski definition) is 7. The highest BCUT2D eigenvalue weighted by Gasteiger charge is 2.28. The van der Waals surface area contributed by atoms with Gasteiger partial charge in [-0.1, -0.05) is 36.8 Å². The second kappa shape index (κ2) is 11.2. The van der Waals surface area contributed by atoms with Crippen molar-refractivity contribution in [1.29, 1.82) is 0 Å². The minimum Gasteiger partial charge on any atom is -0.497 e. The molecule has 0 radical (unpaired) electrons. The van der Waals surface area contributed by atoms with Gasteiger partial charge in [-0.05, 0) is 65.8 Å². The molecule has 1 fully saturated rings. The van der Waals surface area contributed by atoms with Gasteiger partial charge in [0.2, 0.25) is 0 Å². The van der Waals surface area contributed by atoms with Crippen LogP contribution in [-0.4, -0.2) is 49.9 Å². The van der Waals surface area contributed by atoms with Crippen molar-refractivity contribution in [1.82, 2.24) is 30.1 Å². The smallest absolute Gasteiger partial charge is 0.252 e. The second-order valence-electron chi connectivity index (χ2n) is 9.75. The van der Waals surface area contributed by atoms with Crippen molar-refractivity contribution in [3.8, 4) is 5.75 Å². The SMILES string of the molecule is CC[C@@H](c1nnnn1C[C@@H]1CCCO1)N(Cc1ccc(C)cc1)Cc1cc2ccc(OC)cc2[nH]c1=O. The average molecular weight is 503 g/mol. The van der Waals surface area contributed by atoms with Crippen LogP contribution in [0.1, 0.15) is 54.7 Å². The minimum atomic E-state index is -0.108. The highest BCUT2D eigenvalue weighted by Crippen LogP contribution is 2.28. The van der Waals surface area contributed by atoms with E-state index in [1.807, 2.05) is 28.9 Å². The molecular weight excluding hydrogens is 468 g/mol. The lowest BCUT2D eigenvalue weighted by Gasteiger charge is -2.30. The first kappa shape index (κ1) is 25.1. The van der Waals surface area contributed by atoms with Crippen LogP contribution in [-0.2, 0) is 24.4 Å². The third-order valence-corrected chi connectivity index (χ3v) is 7.10. The number of ether oxygens (including phenoxy) is 2. The van der Waals surface area contributed by atoms with Gasteiger partial charge in [0, 0.05) is 31.3 Å². The van der Waals surface area contributed by atoms with E-state index in [0.717, 1.165) is 42.6 Å². The number of tetrazole rings is 1. The van der Waals surface area contributed by atoms with E-state index in [-0.39, 0.29) is 17.7 Å². The Balaban J connectivity index is 1.49. The van der Waals surface area contributed by atoms with E-state index in [2.05, 4.69) is 63.5 Å². The van der Waals surface area contributed by atoms with Crippen LogP contribution in [0.3, 0.4) is 0 Å². The molecule has 0 unspecified atom stereocenters. The van der Waals surface area contributed by atoms with Crippen LogP contribution in [0.15, 0.2) is 53.3 Å². The maximum Gasteiger partial charge on any atom is 0.252 e. The molecule has 3 heterocycles. The Morgan fingerprint density at radius 1 is 1.19 bits per heavy atom. The Morgan fingerprint density at radius 3 is 2.76 bits per heavy atom. The zero-order chi connectivity index (χ0) is 25.8. The normalized spacial score (nSPS) is 16.5. The largest absolute Gasteiger partial charge is 0.497 e. The maximum atomic E-state index is 13.2. The molecule has 9 nitrogen and oxygen atoms in total. The Morgan fingerprint density at radius 2 is 2.03 bits per heavy atom. The molecule has 2 atom stereocenters. The molecule has 37 heavy (non-hydrogen) atoms. The maximum absolute atomic E-state index is 13.2. The lowest BCUT2D eigenvalue weighted by molar-refractivity contribution is 0.0888. The van der Waals surface area contributed by atoms with E-state index in [4.69, 9.17) is 9.47 Å². The molecule has 2 aromatic heterocycles. The number of hydrogen-bond donors (Lipinski definition) is 1. The van der Waals surface area contributed by atoms with Crippen molar-refractivity contribution >= 4 is 10.9 Å². The zero-order valence-electron chi connectivity index (χ0n) is 21.7. The second-order valence-corrected chi connectivity index (χ2v) is 9.75. The van der Waals surface area contributed by atoms with Crippen LogP contribution in [0.5, 0.6) is 5.75 Å². The van der Waals surface area contributed by atoms with E-state index in [9.17, 15) is 4.79 Å². The van der Waals surface area contributed by atoms with Gasteiger partial charge in [0.25, 0.3) is 5.56 Å². The number of nitrogens with zero attached hydrogens (tertiary/aromatic N) is 5. The first-order chi connectivity index (χ1) is 18.0. The monoisotopic (exact) mass is 502 g/mol. The van der Waals surface area contributed by atoms with E-state index in [0.29, 0.717) is 30.9 Å². The van der Waals surface area contributed by atoms with Gasteiger partial charge in [0.05, 0.1) is 31.3 Å². The molecule has 194 valence electrons. The van der Waals surface area contributed by atoms with E-state index < -0.39 is 0 Å². The molecule has 1 aliphatic heterocycles. The number of nitrogens with one attached hydrogen (secondary N) is 1. The molecule has 0 saturated carbocycles. The van der Waals surface area contributed by atoms with Gasteiger partial charge >= 0.3 is 0 Å². The van der Waals surface area contributed by atoms with Crippen LogP contribution >= 0.6 is 0 Å². The number of aryl methyl sites for hydroxylation is 1. The molecule has 5 rings (SSSR count). The number of methoxy groups -OCH3 is 1. The molecular formula is C28H34N6O3. The quantitative estimate of drug-likeness (QED) is 0.348. The number of aromatic nitrogens is 5. The number of pyridine rings is 1. The Hall–Kier alpha value is -3.56. The van der Waals surface area contributed by atoms with Crippen molar-refractivity contribution < 1.29 is 9.47 Å². The summed E-state index contributed by atoms with van der Waals surface area (Å²) in [6.45, 7) is 6.75. The van der Waals surface area contributed by atoms with Crippen molar-refractivity contribution in [2.75, 3.05) is 13.7 Å². The molecule has 9 heteroatoms. The fraction of sp³-hybridized carbons (Fsp3) is 0.429. The van der Waals surface area contributed by atoms with Gasteiger partial charge in [-0.3, -0.25) is 9.69 Å². The minimum absolute atomic E-state index is 0.0799. The van der Waals surface area contributed by atoms with Crippen LogP contribution in [0.25, 0.3) is 10.9 Å². The molecule has 0 spiro atoms. The lowest BCUT2D eigenvalue weighted by atomic mass is 10.1. The van der Waals surface area contributed by atoms with Crippen molar-refractivity contribution in [3.63, 3.8) is 0 Å². The van der Waals surface area contributed by atoms with Crippen LogP contribution in [0.4, 0.5) is 0 Å². The van der Waals surface area contributed by atoms with Crippen LogP contribution < -0.4 is 10.3 Å². The van der Waals surface area contributed by atoms with Gasteiger partial charge < -0.3 is 14.5 Å². The van der Waals surface area contributed by atoms with Crippen LogP contribution in [0, 0.1) is 6.92 Å². The third kappa shape index (κ3) is 5.73. The van der Waals surface area contributed by atoms with Gasteiger partial charge in [0.1, 0.15) is 5.75 Å². The number of aromatic amines is 1. The zero-order valence-corrected chi connectivity index (χ0v) is 21.7. The van der Waals surface area contributed by atoms with E-state index >= 15 is 0 Å². The molecule has 1 N–H and O–H groups in total. The lowest BCUT2D eigenvalue weighted by Crippen LogP contribution is -2.33. The fourth-order valence-corrected chi connectivity index (χ4v) is 5.06. The topological polar surface area (TPSA) is 98.2 Å². The molecule has 0 bridgehead atoms. The number of H-pyrrole nitrogens is 1. The summed E-state index contributed by atoms with van der Waals surface area (Å²) in [5.74, 6) is 1.51. The molecule has 0 amide bonds. The summed E-state index contributed by atoms with van der Waals surface area (Å²) in [4.78, 5) is 18.5. The average Bonchev–Trinajstić information content (AvgIpc) is 3.59. The molecule has 2 aromatic carbocycles. The summed E-state index contributed by atoms with van der Waals surface area (Å²) in [6, 6.07) is 16.1. The molecule has 0 aliphatic carbocycles.